The molecule has 2 aliphatic rings. The maximum Gasteiger partial charge on any atom is 0.338 e. The SMILES string of the molecule is CC(C)(C)OC(=O)c1ccc2c(c1)NC[C@]1(CCc3cc(Cl)ccc31)CO2. The maximum atomic E-state index is 12.4. The average molecular weight is 386 g/mol. The lowest BCUT2D eigenvalue weighted by molar-refractivity contribution is 0.00696. The molecular weight excluding hydrogens is 362 g/mol. The van der Waals surface area contributed by atoms with Crippen LogP contribution in [-0.4, -0.2) is 24.7 Å². The molecule has 2 aromatic carbocycles. The van der Waals surface area contributed by atoms with Crippen LogP contribution in [0, 0.1) is 0 Å². The number of halogens is 1. The van der Waals surface area contributed by atoms with E-state index in [0.29, 0.717) is 12.2 Å². The first-order chi connectivity index (χ1) is 12.8. The first-order valence-corrected chi connectivity index (χ1v) is 9.67. The second-order valence-corrected chi connectivity index (χ2v) is 8.87. The normalized spacial score (nSPS) is 20.9. The number of benzene rings is 2. The number of hydrogen-bond donors (Lipinski definition) is 1. The molecule has 0 fully saturated rings. The predicted octanol–water partition coefficient (Wildman–Crippen LogP) is 4.98. The summed E-state index contributed by atoms with van der Waals surface area (Å²) in [5.74, 6) is 0.438. The Kier molecular flexibility index (Phi) is 4.34. The summed E-state index contributed by atoms with van der Waals surface area (Å²) in [4.78, 5) is 12.4. The molecule has 1 heterocycles. The number of rotatable bonds is 1. The van der Waals surface area contributed by atoms with Gasteiger partial charge in [-0.2, -0.15) is 0 Å². The van der Waals surface area contributed by atoms with E-state index in [9.17, 15) is 4.79 Å². The molecule has 4 rings (SSSR count). The lowest BCUT2D eigenvalue weighted by Crippen LogP contribution is -2.36. The van der Waals surface area contributed by atoms with Crippen molar-refractivity contribution in [2.75, 3.05) is 18.5 Å². The number of ether oxygens (including phenoxy) is 2. The fraction of sp³-hybridized carbons (Fsp3) is 0.409. The van der Waals surface area contributed by atoms with Crippen molar-refractivity contribution >= 4 is 23.3 Å². The third kappa shape index (κ3) is 3.51. The molecule has 0 amide bonds. The van der Waals surface area contributed by atoms with Gasteiger partial charge >= 0.3 is 5.97 Å². The highest BCUT2D eigenvalue weighted by Crippen LogP contribution is 2.43. The zero-order valence-electron chi connectivity index (χ0n) is 15.9. The van der Waals surface area contributed by atoms with Crippen molar-refractivity contribution in [2.45, 2.75) is 44.6 Å². The smallest absolute Gasteiger partial charge is 0.338 e. The third-order valence-corrected chi connectivity index (χ3v) is 5.48. The maximum absolute atomic E-state index is 12.4. The van der Waals surface area contributed by atoms with Crippen LogP contribution in [-0.2, 0) is 16.6 Å². The molecule has 0 saturated carbocycles. The molecular formula is C22H24ClNO3. The molecule has 142 valence electrons. The van der Waals surface area contributed by atoms with E-state index in [1.165, 1.54) is 11.1 Å². The number of aryl methyl sites for hydroxylation is 1. The van der Waals surface area contributed by atoms with Crippen molar-refractivity contribution in [1.29, 1.82) is 0 Å². The summed E-state index contributed by atoms with van der Waals surface area (Å²) in [5.41, 5.74) is 3.36. The molecule has 0 radical (unpaired) electrons. The third-order valence-electron chi connectivity index (χ3n) is 5.25. The van der Waals surface area contributed by atoms with Crippen molar-refractivity contribution in [3.63, 3.8) is 0 Å². The van der Waals surface area contributed by atoms with Crippen molar-refractivity contribution in [3.8, 4) is 5.75 Å². The molecule has 0 aromatic heterocycles. The first-order valence-electron chi connectivity index (χ1n) is 9.29. The standard InChI is InChI=1S/C22H24ClNO3/c1-21(2,3)27-20(25)15-4-7-19-18(11-15)24-12-22(13-26-19)9-8-14-10-16(23)5-6-17(14)22/h4-7,10-11,24H,8-9,12-13H2,1-3H3/t22-/m1/s1. The lowest BCUT2D eigenvalue weighted by Gasteiger charge is -2.28. The molecule has 27 heavy (non-hydrogen) atoms. The van der Waals surface area contributed by atoms with E-state index in [-0.39, 0.29) is 11.4 Å². The topological polar surface area (TPSA) is 47.6 Å². The van der Waals surface area contributed by atoms with Crippen LogP contribution < -0.4 is 10.1 Å². The van der Waals surface area contributed by atoms with Crippen LogP contribution in [0.1, 0.15) is 48.7 Å². The van der Waals surface area contributed by atoms with Crippen molar-refractivity contribution in [1.82, 2.24) is 0 Å². The van der Waals surface area contributed by atoms with Gasteiger partial charge in [-0.1, -0.05) is 17.7 Å². The number of esters is 1. The van der Waals surface area contributed by atoms with Crippen LogP contribution in [0.25, 0.3) is 0 Å². The molecule has 0 saturated heterocycles. The summed E-state index contributed by atoms with van der Waals surface area (Å²) >= 11 is 6.16. The van der Waals surface area contributed by atoms with Crippen LogP contribution in [0.4, 0.5) is 5.69 Å². The Morgan fingerprint density at radius 1 is 1.22 bits per heavy atom. The van der Waals surface area contributed by atoms with E-state index < -0.39 is 5.60 Å². The quantitative estimate of drug-likeness (QED) is 0.703. The van der Waals surface area contributed by atoms with Gasteiger partial charge in [0, 0.05) is 17.0 Å². The van der Waals surface area contributed by atoms with E-state index in [2.05, 4.69) is 17.4 Å². The lowest BCUT2D eigenvalue weighted by atomic mass is 9.82. The molecule has 1 N–H and O–H groups in total. The monoisotopic (exact) mass is 385 g/mol. The Morgan fingerprint density at radius 3 is 2.81 bits per heavy atom. The highest BCUT2D eigenvalue weighted by molar-refractivity contribution is 6.30. The summed E-state index contributed by atoms with van der Waals surface area (Å²) < 4.78 is 11.6. The molecule has 0 bridgehead atoms. The molecule has 0 unspecified atom stereocenters. The summed E-state index contributed by atoms with van der Waals surface area (Å²) in [6, 6.07) is 11.6. The van der Waals surface area contributed by atoms with Crippen LogP contribution in [0.3, 0.4) is 0 Å². The average Bonchev–Trinajstić information content (AvgIpc) is 2.83. The van der Waals surface area contributed by atoms with E-state index >= 15 is 0 Å². The van der Waals surface area contributed by atoms with Gasteiger partial charge in [-0.05, 0) is 75.1 Å². The summed E-state index contributed by atoms with van der Waals surface area (Å²) in [7, 11) is 0. The Bertz CT molecular complexity index is 903. The largest absolute Gasteiger partial charge is 0.490 e. The van der Waals surface area contributed by atoms with Crippen LogP contribution in [0.5, 0.6) is 5.75 Å². The number of carbonyl (C=O) groups is 1. The number of fused-ring (bicyclic) bond motifs is 3. The fourth-order valence-electron chi connectivity index (χ4n) is 3.92. The Labute approximate surface area is 164 Å². The molecule has 1 spiro atoms. The van der Waals surface area contributed by atoms with Crippen LogP contribution >= 0.6 is 11.6 Å². The Morgan fingerprint density at radius 2 is 2.04 bits per heavy atom. The number of nitrogens with one attached hydrogen (secondary N) is 1. The van der Waals surface area contributed by atoms with Crippen molar-refractivity contribution < 1.29 is 14.3 Å². The van der Waals surface area contributed by atoms with Crippen molar-refractivity contribution in [2.24, 2.45) is 0 Å². The van der Waals surface area contributed by atoms with Gasteiger partial charge in [-0.3, -0.25) is 0 Å². The first kappa shape index (κ1) is 18.2. The van der Waals surface area contributed by atoms with E-state index in [0.717, 1.165) is 35.8 Å². The van der Waals surface area contributed by atoms with Gasteiger partial charge < -0.3 is 14.8 Å². The highest BCUT2D eigenvalue weighted by Gasteiger charge is 2.41. The summed E-state index contributed by atoms with van der Waals surface area (Å²) in [6.07, 6.45) is 2.02. The van der Waals surface area contributed by atoms with Gasteiger partial charge in [-0.25, -0.2) is 4.79 Å². The zero-order chi connectivity index (χ0) is 19.2. The van der Waals surface area contributed by atoms with Crippen LogP contribution in [0.2, 0.25) is 5.02 Å². The Hall–Kier alpha value is -2.20. The minimum Gasteiger partial charge on any atom is -0.490 e. The number of anilines is 1. The zero-order valence-corrected chi connectivity index (χ0v) is 16.7. The van der Waals surface area contributed by atoms with Gasteiger partial charge in [0.15, 0.2) is 0 Å². The Balaban J connectivity index is 1.59. The minimum absolute atomic E-state index is 0.0783. The molecule has 5 heteroatoms. The van der Waals surface area contributed by atoms with E-state index in [1.807, 2.05) is 39.0 Å². The second-order valence-electron chi connectivity index (χ2n) is 8.44. The van der Waals surface area contributed by atoms with E-state index in [1.54, 1.807) is 6.07 Å². The fourth-order valence-corrected chi connectivity index (χ4v) is 4.11. The summed E-state index contributed by atoms with van der Waals surface area (Å²) in [6.45, 7) is 6.95. The van der Waals surface area contributed by atoms with Crippen molar-refractivity contribution in [3.05, 3.63) is 58.1 Å². The molecule has 1 aliphatic carbocycles. The summed E-state index contributed by atoms with van der Waals surface area (Å²) in [5, 5.41) is 4.28. The molecule has 1 atom stereocenters. The van der Waals surface area contributed by atoms with Gasteiger partial charge in [0.25, 0.3) is 0 Å². The second kappa shape index (κ2) is 6.45. The highest BCUT2D eigenvalue weighted by atomic mass is 35.5. The van der Waals surface area contributed by atoms with Gasteiger partial charge in [0.05, 0.1) is 17.9 Å². The van der Waals surface area contributed by atoms with Gasteiger partial charge in [0.2, 0.25) is 0 Å². The molecule has 2 aromatic rings. The van der Waals surface area contributed by atoms with Crippen LogP contribution in [0.15, 0.2) is 36.4 Å². The number of carbonyl (C=O) groups excluding carboxylic acids is 1. The van der Waals surface area contributed by atoms with Gasteiger partial charge in [0.1, 0.15) is 11.4 Å². The number of hydrogen-bond acceptors (Lipinski definition) is 4. The van der Waals surface area contributed by atoms with Gasteiger partial charge in [-0.15, -0.1) is 0 Å². The van der Waals surface area contributed by atoms with E-state index in [4.69, 9.17) is 21.1 Å². The molecule has 1 aliphatic heterocycles. The minimum atomic E-state index is -0.521. The predicted molar refractivity (Wildman–Crippen MR) is 107 cm³/mol. The molecule has 4 nitrogen and oxygen atoms in total.